The van der Waals surface area contributed by atoms with Crippen molar-refractivity contribution in [2.24, 2.45) is 23.3 Å². The summed E-state index contributed by atoms with van der Waals surface area (Å²) in [6.07, 6.45) is 6.16. The number of carbonyl (C=O) groups excluding carboxylic acids is 1. The summed E-state index contributed by atoms with van der Waals surface area (Å²) < 4.78 is 0. The Labute approximate surface area is 104 Å². The van der Waals surface area contributed by atoms with Crippen LogP contribution in [0.25, 0.3) is 0 Å². The van der Waals surface area contributed by atoms with Crippen molar-refractivity contribution in [1.82, 2.24) is 4.90 Å². The van der Waals surface area contributed by atoms with Crippen molar-refractivity contribution >= 4 is 5.91 Å². The highest BCUT2D eigenvalue weighted by Gasteiger charge is 2.31. The molecule has 4 N–H and O–H groups in total. The average molecular weight is 239 g/mol. The van der Waals surface area contributed by atoms with E-state index in [0.29, 0.717) is 6.42 Å². The largest absolute Gasteiger partial charge is 0.368 e. The topological polar surface area (TPSA) is 72.3 Å². The fourth-order valence-corrected chi connectivity index (χ4v) is 2.10. The molecule has 1 atom stereocenters. The van der Waals surface area contributed by atoms with Crippen LogP contribution in [0.15, 0.2) is 0 Å². The monoisotopic (exact) mass is 239 g/mol. The van der Waals surface area contributed by atoms with Gasteiger partial charge in [-0.25, -0.2) is 0 Å². The molecule has 1 amide bonds. The highest BCUT2D eigenvalue weighted by atomic mass is 16.1. The molecule has 2 saturated carbocycles. The molecule has 0 heterocycles. The van der Waals surface area contributed by atoms with Crippen molar-refractivity contribution in [3.8, 4) is 0 Å². The molecule has 0 saturated heterocycles. The minimum atomic E-state index is -0.856. The van der Waals surface area contributed by atoms with Gasteiger partial charge in [-0.05, 0) is 50.9 Å². The van der Waals surface area contributed by atoms with Crippen LogP contribution in [0.2, 0.25) is 0 Å². The van der Waals surface area contributed by atoms with Gasteiger partial charge in [0.1, 0.15) is 0 Å². The zero-order valence-electron chi connectivity index (χ0n) is 10.8. The van der Waals surface area contributed by atoms with E-state index in [1.165, 1.54) is 38.8 Å². The van der Waals surface area contributed by atoms with Gasteiger partial charge in [0.05, 0.1) is 5.54 Å². The SMILES string of the molecule is CC(N)(CCN(CC1CC1)CC1CC1)C(N)=O. The lowest BCUT2D eigenvalue weighted by molar-refractivity contribution is -0.122. The highest BCUT2D eigenvalue weighted by molar-refractivity contribution is 5.83. The molecule has 0 aromatic heterocycles. The first kappa shape index (κ1) is 12.8. The molecule has 2 fully saturated rings. The van der Waals surface area contributed by atoms with E-state index in [1.54, 1.807) is 6.92 Å². The summed E-state index contributed by atoms with van der Waals surface area (Å²) in [7, 11) is 0. The van der Waals surface area contributed by atoms with Crippen LogP contribution >= 0.6 is 0 Å². The van der Waals surface area contributed by atoms with Gasteiger partial charge in [0.25, 0.3) is 0 Å². The second-order valence-electron chi connectivity index (χ2n) is 6.18. The van der Waals surface area contributed by atoms with E-state index in [9.17, 15) is 4.79 Å². The summed E-state index contributed by atoms with van der Waals surface area (Å²) in [4.78, 5) is 13.7. The fraction of sp³-hybridized carbons (Fsp3) is 0.923. The van der Waals surface area contributed by atoms with Gasteiger partial charge in [0, 0.05) is 19.6 Å². The maximum atomic E-state index is 11.2. The number of amides is 1. The minimum absolute atomic E-state index is 0.393. The second kappa shape index (κ2) is 4.94. The highest BCUT2D eigenvalue weighted by Crippen LogP contribution is 2.33. The molecule has 4 heteroatoms. The number of carbonyl (C=O) groups is 1. The molecular formula is C13H25N3O. The third kappa shape index (κ3) is 4.28. The molecule has 2 aliphatic rings. The Morgan fingerprint density at radius 3 is 2.06 bits per heavy atom. The molecule has 4 nitrogen and oxygen atoms in total. The van der Waals surface area contributed by atoms with Gasteiger partial charge in [-0.1, -0.05) is 0 Å². The second-order valence-corrected chi connectivity index (χ2v) is 6.18. The summed E-state index contributed by atoms with van der Waals surface area (Å²) in [5, 5.41) is 0. The third-order valence-corrected chi connectivity index (χ3v) is 3.94. The van der Waals surface area contributed by atoms with Gasteiger partial charge in [0.15, 0.2) is 0 Å². The van der Waals surface area contributed by atoms with Crippen LogP contribution in [0.5, 0.6) is 0 Å². The van der Waals surface area contributed by atoms with Crippen LogP contribution < -0.4 is 11.5 Å². The molecule has 0 aromatic carbocycles. The van der Waals surface area contributed by atoms with Crippen LogP contribution in [0.1, 0.15) is 39.0 Å². The standard InChI is InChI=1S/C13H25N3O/c1-13(15,12(14)17)6-7-16(8-10-2-3-10)9-11-4-5-11/h10-11H,2-9,15H2,1H3,(H2,14,17). The van der Waals surface area contributed by atoms with Gasteiger partial charge in [-0.3, -0.25) is 4.79 Å². The predicted octanol–water partition coefficient (Wildman–Crippen LogP) is 0.701. The number of hydrogen-bond acceptors (Lipinski definition) is 3. The predicted molar refractivity (Wildman–Crippen MR) is 68.3 cm³/mol. The molecule has 0 aromatic rings. The van der Waals surface area contributed by atoms with Crippen LogP contribution in [-0.2, 0) is 4.79 Å². The first-order chi connectivity index (χ1) is 7.97. The summed E-state index contributed by atoms with van der Waals surface area (Å²) in [5.74, 6) is 1.40. The maximum absolute atomic E-state index is 11.2. The van der Waals surface area contributed by atoms with Crippen molar-refractivity contribution in [1.29, 1.82) is 0 Å². The summed E-state index contributed by atoms with van der Waals surface area (Å²) in [6.45, 7) is 5.02. The maximum Gasteiger partial charge on any atom is 0.237 e. The van der Waals surface area contributed by atoms with E-state index in [1.807, 2.05) is 0 Å². The van der Waals surface area contributed by atoms with Crippen molar-refractivity contribution in [3.63, 3.8) is 0 Å². The van der Waals surface area contributed by atoms with Crippen molar-refractivity contribution in [2.75, 3.05) is 19.6 Å². The Balaban J connectivity index is 1.76. The molecule has 2 aliphatic carbocycles. The summed E-state index contributed by atoms with van der Waals surface area (Å²) in [5.41, 5.74) is 10.3. The van der Waals surface area contributed by atoms with Gasteiger partial charge >= 0.3 is 0 Å². The molecule has 0 aliphatic heterocycles. The average Bonchev–Trinajstić information content (AvgIpc) is 3.08. The van der Waals surface area contributed by atoms with E-state index < -0.39 is 11.4 Å². The first-order valence-electron chi connectivity index (χ1n) is 6.78. The van der Waals surface area contributed by atoms with Gasteiger partial charge in [-0.15, -0.1) is 0 Å². The number of nitrogens with zero attached hydrogens (tertiary/aromatic N) is 1. The van der Waals surface area contributed by atoms with E-state index in [2.05, 4.69) is 4.90 Å². The lowest BCUT2D eigenvalue weighted by Gasteiger charge is -2.27. The molecule has 98 valence electrons. The van der Waals surface area contributed by atoms with Crippen molar-refractivity contribution < 1.29 is 4.79 Å². The van der Waals surface area contributed by atoms with Crippen LogP contribution in [0, 0.1) is 11.8 Å². The van der Waals surface area contributed by atoms with Gasteiger partial charge in [0.2, 0.25) is 5.91 Å². The third-order valence-electron chi connectivity index (χ3n) is 3.94. The van der Waals surface area contributed by atoms with E-state index in [0.717, 1.165) is 18.4 Å². The number of nitrogens with two attached hydrogens (primary N) is 2. The Bertz CT molecular complexity index is 268. The Morgan fingerprint density at radius 1 is 1.24 bits per heavy atom. The Hall–Kier alpha value is -0.610. The smallest absolute Gasteiger partial charge is 0.237 e. The normalized spacial score (nSPS) is 23.7. The lowest BCUT2D eigenvalue weighted by atomic mass is 9.98. The minimum Gasteiger partial charge on any atom is -0.368 e. The van der Waals surface area contributed by atoms with Gasteiger partial charge < -0.3 is 16.4 Å². The molecule has 0 spiro atoms. The van der Waals surface area contributed by atoms with E-state index in [4.69, 9.17) is 11.5 Å². The summed E-state index contributed by atoms with van der Waals surface area (Å²) in [6, 6.07) is 0. The molecule has 0 radical (unpaired) electrons. The molecule has 2 rings (SSSR count). The van der Waals surface area contributed by atoms with Crippen molar-refractivity contribution in [3.05, 3.63) is 0 Å². The lowest BCUT2D eigenvalue weighted by Crippen LogP contribution is -2.51. The van der Waals surface area contributed by atoms with E-state index in [-0.39, 0.29) is 0 Å². The van der Waals surface area contributed by atoms with E-state index >= 15 is 0 Å². The molecule has 17 heavy (non-hydrogen) atoms. The van der Waals surface area contributed by atoms with Crippen LogP contribution in [0.3, 0.4) is 0 Å². The van der Waals surface area contributed by atoms with Crippen LogP contribution in [-0.4, -0.2) is 36.0 Å². The van der Waals surface area contributed by atoms with Crippen LogP contribution in [0.4, 0.5) is 0 Å². The fourth-order valence-electron chi connectivity index (χ4n) is 2.10. The number of primary amides is 1. The molecule has 0 bridgehead atoms. The zero-order chi connectivity index (χ0) is 12.5. The quantitative estimate of drug-likeness (QED) is 0.655. The summed E-state index contributed by atoms with van der Waals surface area (Å²) >= 11 is 0. The molecular weight excluding hydrogens is 214 g/mol. The Morgan fingerprint density at radius 2 is 1.71 bits per heavy atom. The number of rotatable bonds is 8. The zero-order valence-corrected chi connectivity index (χ0v) is 10.8. The van der Waals surface area contributed by atoms with Gasteiger partial charge in [-0.2, -0.15) is 0 Å². The first-order valence-corrected chi connectivity index (χ1v) is 6.78. The van der Waals surface area contributed by atoms with Crippen molar-refractivity contribution in [2.45, 2.75) is 44.6 Å². The molecule has 1 unspecified atom stereocenters. The Kier molecular flexibility index (Phi) is 3.73. The number of hydrogen-bond donors (Lipinski definition) is 2.